The highest BCUT2D eigenvalue weighted by Gasteiger charge is 2.08. The van der Waals surface area contributed by atoms with Gasteiger partial charge in [-0.15, -0.1) is 0 Å². The van der Waals surface area contributed by atoms with Gasteiger partial charge in [0.2, 0.25) is 6.43 Å². The Labute approximate surface area is 49.5 Å². The first-order valence-corrected chi connectivity index (χ1v) is 2.26. The summed E-state index contributed by atoms with van der Waals surface area (Å²) in [6.07, 6.45) is -3.80. The maximum Gasteiger partial charge on any atom is 0.349 e. The summed E-state index contributed by atoms with van der Waals surface area (Å²) in [6, 6.07) is 0. The summed E-state index contributed by atoms with van der Waals surface area (Å²) in [5.74, 6) is -1.25. The number of carbonyl (C=O) groups is 1. The minimum absolute atomic E-state index is 0.575. The normalized spacial score (nSPS) is 9.78. The fourth-order valence-corrected chi connectivity index (χ4v) is 0.266. The van der Waals surface area contributed by atoms with E-state index in [-0.39, 0.29) is 0 Å². The summed E-state index contributed by atoms with van der Waals surface area (Å²) in [5.41, 5.74) is 0. The van der Waals surface area contributed by atoms with Gasteiger partial charge in [0.25, 0.3) is 0 Å². The fourth-order valence-electron chi connectivity index (χ4n) is 0.266. The summed E-state index contributed by atoms with van der Waals surface area (Å²) in [5, 5.41) is 0. The van der Waals surface area contributed by atoms with Crippen molar-refractivity contribution in [2.24, 2.45) is 0 Å². The number of alkyl halides is 2. The first kappa shape index (κ1) is 8.26. The van der Waals surface area contributed by atoms with Crippen molar-refractivity contribution in [2.45, 2.75) is 19.3 Å². The zero-order valence-electron chi connectivity index (χ0n) is 4.44. The molecule has 0 aromatic rings. The third kappa shape index (κ3) is 5.13. The molecular formula is C4H5F3O2. The predicted molar refractivity (Wildman–Crippen MR) is 22.4 cm³/mol. The Bertz CT molecular complexity index is 93.8. The van der Waals surface area contributed by atoms with Gasteiger partial charge in [0, 0.05) is 10.9 Å². The molecule has 5 heteroatoms. The van der Waals surface area contributed by atoms with Gasteiger partial charge in [-0.2, -0.15) is 0 Å². The summed E-state index contributed by atoms with van der Waals surface area (Å²) in [7, 11) is 0. The van der Waals surface area contributed by atoms with Crippen molar-refractivity contribution in [1.82, 2.24) is 0 Å². The molecule has 0 aromatic carbocycles. The number of hydrogen-bond donors (Lipinski definition) is 0. The van der Waals surface area contributed by atoms with E-state index in [1.54, 1.807) is 0 Å². The van der Waals surface area contributed by atoms with Crippen molar-refractivity contribution in [3.05, 3.63) is 0 Å². The first-order chi connectivity index (χ1) is 4.16. The molecule has 0 aliphatic rings. The number of rotatable bonds is 3. The van der Waals surface area contributed by atoms with Gasteiger partial charge >= 0.3 is 5.97 Å². The fraction of sp³-hybridized carbons (Fsp3) is 0.750. The van der Waals surface area contributed by atoms with Gasteiger partial charge < -0.3 is 0 Å². The van der Waals surface area contributed by atoms with E-state index in [0.29, 0.717) is 0 Å². The molecule has 0 aromatic heterocycles. The monoisotopic (exact) mass is 142 g/mol. The molecule has 0 saturated carbocycles. The average Bonchev–Trinajstić information content (AvgIpc) is 1.83. The van der Waals surface area contributed by atoms with Crippen LogP contribution in [0.1, 0.15) is 12.8 Å². The molecule has 0 fully saturated rings. The summed E-state index contributed by atoms with van der Waals surface area (Å²) in [4.78, 5) is 12.4. The molecular weight excluding hydrogens is 137 g/mol. The Hall–Kier alpha value is -0.740. The van der Waals surface area contributed by atoms with Crippen molar-refractivity contribution < 1.29 is 23.0 Å². The van der Waals surface area contributed by atoms with Crippen LogP contribution in [0.3, 0.4) is 0 Å². The van der Waals surface area contributed by atoms with Crippen LogP contribution < -0.4 is 0 Å². The van der Waals surface area contributed by atoms with E-state index in [1.807, 2.05) is 0 Å². The van der Waals surface area contributed by atoms with Crippen LogP contribution in [0, 0.1) is 0 Å². The third-order valence-electron chi connectivity index (χ3n) is 0.653. The molecule has 0 atom stereocenters. The molecule has 2 nitrogen and oxygen atoms in total. The van der Waals surface area contributed by atoms with Crippen LogP contribution in [-0.4, -0.2) is 12.4 Å². The van der Waals surface area contributed by atoms with Crippen molar-refractivity contribution in [2.75, 3.05) is 0 Å². The molecule has 0 saturated heterocycles. The molecule has 0 spiro atoms. The lowest BCUT2D eigenvalue weighted by Crippen LogP contribution is -2.00. The highest BCUT2D eigenvalue weighted by molar-refractivity contribution is 5.68. The zero-order chi connectivity index (χ0) is 7.28. The Morgan fingerprint density at radius 3 is 2.44 bits per heavy atom. The van der Waals surface area contributed by atoms with Gasteiger partial charge in [-0.3, -0.25) is 4.94 Å². The standard InChI is InChI=1S/C4H5F3O2/c5-3(6)1-2-4(8)9-7/h3H,1-2H2. The van der Waals surface area contributed by atoms with E-state index >= 15 is 0 Å². The van der Waals surface area contributed by atoms with Crippen LogP contribution >= 0.6 is 0 Å². The number of halogens is 3. The van der Waals surface area contributed by atoms with Crippen LogP contribution in [0.2, 0.25) is 0 Å². The molecule has 0 unspecified atom stereocenters. The van der Waals surface area contributed by atoms with E-state index in [0.717, 1.165) is 0 Å². The minimum atomic E-state index is -2.58. The number of hydrogen-bond acceptors (Lipinski definition) is 2. The van der Waals surface area contributed by atoms with E-state index in [1.165, 1.54) is 0 Å². The third-order valence-corrected chi connectivity index (χ3v) is 0.653. The van der Waals surface area contributed by atoms with Crippen molar-refractivity contribution in [3.8, 4) is 0 Å². The molecule has 9 heavy (non-hydrogen) atoms. The quantitative estimate of drug-likeness (QED) is 0.596. The lowest BCUT2D eigenvalue weighted by Gasteiger charge is -1.92. The Balaban J connectivity index is 3.17. The summed E-state index contributed by atoms with van der Waals surface area (Å²) < 4.78 is 33.1. The minimum Gasteiger partial charge on any atom is -0.255 e. The van der Waals surface area contributed by atoms with Gasteiger partial charge in [0.05, 0.1) is 6.42 Å². The van der Waals surface area contributed by atoms with Crippen LogP contribution in [-0.2, 0) is 9.74 Å². The molecule has 0 aliphatic heterocycles. The first-order valence-electron chi connectivity index (χ1n) is 2.26. The van der Waals surface area contributed by atoms with Crippen LogP contribution in [0.4, 0.5) is 13.3 Å². The second-order valence-electron chi connectivity index (χ2n) is 1.38. The van der Waals surface area contributed by atoms with Crippen LogP contribution in [0.25, 0.3) is 0 Å². The maximum atomic E-state index is 11.2. The largest absolute Gasteiger partial charge is 0.349 e. The molecule has 0 aliphatic carbocycles. The maximum absolute atomic E-state index is 11.2. The Kier molecular flexibility index (Phi) is 3.83. The van der Waals surface area contributed by atoms with Gasteiger partial charge in [0.15, 0.2) is 0 Å². The van der Waals surface area contributed by atoms with E-state index in [4.69, 9.17) is 0 Å². The van der Waals surface area contributed by atoms with E-state index in [9.17, 15) is 18.1 Å². The van der Waals surface area contributed by atoms with Crippen molar-refractivity contribution >= 4 is 5.97 Å². The molecule has 0 N–H and O–H groups in total. The molecule has 0 bridgehead atoms. The molecule has 0 heterocycles. The van der Waals surface area contributed by atoms with E-state index in [2.05, 4.69) is 4.94 Å². The second-order valence-corrected chi connectivity index (χ2v) is 1.38. The highest BCUT2D eigenvalue weighted by atomic mass is 19.3. The molecule has 54 valence electrons. The van der Waals surface area contributed by atoms with Crippen LogP contribution in [0.5, 0.6) is 0 Å². The van der Waals surface area contributed by atoms with E-state index < -0.39 is 25.2 Å². The average molecular weight is 142 g/mol. The SMILES string of the molecule is O=C(CCC(F)F)OF. The Morgan fingerprint density at radius 2 is 2.11 bits per heavy atom. The molecule has 0 rings (SSSR count). The Morgan fingerprint density at radius 1 is 1.56 bits per heavy atom. The molecule has 0 amide bonds. The van der Waals surface area contributed by atoms with Gasteiger partial charge in [0.1, 0.15) is 0 Å². The van der Waals surface area contributed by atoms with Gasteiger partial charge in [-0.1, -0.05) is 0 Å². The second kappa shape index (κ2) is 4.17. The van der Waals surface area contributed by atoms with Crippen molar-refractivity contribution in [3.63, 3.8) is 0 Å². The number of carbonyl (C=O) groups excluding carboxylic acids is 1. The molecule has 0 radical (unpaired) electrons. The summed E-state index contributed by atoms with van der Waals surface area (Å²) in [6.45, 7) is 0. The lowest BCUT2D eigenvalue weighted by molar-refractivity contribution is -0.184. The van der Waals surface area contributed by atoms with Crippen LogP contribution in [0.15, 0.2) is 0 Å². The topological polar surface area (TPSA) is 26.3 Å². The van der Waals surface area contributed by atoms with Gasteiger partial charge in [-0.25, -0.2) is 13.6 Å². The zero-order valence-corrected chi connectivity index (χ0v) is 4.44. The smallest absolute Gasteiger partial charge is 0.255 e. The highest BCUT2D eigenvalue weighted by Crippen LogP contribution is 2.03. The summed E-state index contributed by atoms with van der Waals surface area (Å²) >= 11 is 0. The van der Waals surface area contributed by atoms with Gasteiger partial charge in [-0.05, 0) is 0 Å². The van der Waals surface area contributed by atoms with Crippen molar-refractivity contribution in [1.29, 1.82) is 0 Å². The predicted octanol–water partition coefficient (Wildman–Crippen LogP) is 1.46. The lowest BCUT2D eigenvalue weighted by atomic mass is 10.3.